The minimum absolute atomic E-state index is 0.000324. The Bertz CT molecular complexity index is 306. The van der Waals surface area contributed by atoms with Crippen LogP contribution in [-0.4, -0.2) is 17.2 Å². The van der Waals surface area contributed by atoms with E-state index in [0.717, 1.165) is 6.07 Å². The van der Waals surface area contributed by atoms with Crippen LogP contribution in [0, 0.1) is 0 Å². The van der Waals surface area contributed by atoms with E-state index in [9.17, 15) is 8.78 Å². The number of anilines is 1. The van der Waals surface area contributed by atoms with Crippen LogP contribution in [0.4, 0.5) is 14.5 Å². The Labute approximate surface area is 79.3 Å². The Morgan fingerprint density at radius 3 is 2.71 bits per heavy atom. The molecule has 0 spiro atoms. The standard InChI is InChI=1S/C8H10F2N2O2/c1-14-6-2-4(8(9)10)12-5(3-13)7(6)11/h2,8,13H,3,11H2,1H3. The summed E-state index contributed by atoms with van der Waals surface area (Å²) in [6, 6.07) is 1.05. The van der Waals surface area contributed by atoms with Crippen molar-refractivity contribution in [3.05, 3.63) is 17.5 Å². The molecular formula is C8H10F2N2O2. The van der Waals surface area contributed by atoms with Gasteiger partial charge in [0.15, 0.2) is 0 Å². The second-order valence-corrected chi connectivity index (χ2v) is 2.57. The van der Waals surface area contributed by atoms with Crippen molar-refractivity contribution in [2.24, 2.45) is 0 Å². The van der Waals surface area contributed by atoms with Gasteiger partial charge in [-0.3, -0.25) is 0 Å². The van der Waals surface area contributed by atoms with Crippen LogP contribution in [0.1, 0.15) is 17.8 Å². The fourth-order valence-corrected chi connectivity index (χ4v) is 1.00. The maximum Gasteiger partial charge on any atom is 0.280 e. The van der Waals surface area contributed by atoms with Crippen molar-refractivity contribution in [3.63, 3.8) is 0 Å². The fourth-order valence-electron chi connectivity index (χ4n) is 1.00. The molecule has 0 radical (unpaired) electrons. The first kappa shape index (κ1) is 10.6. The number of nitrogen functional groups attached to an aromatic ring is 1. The lowest BCUT2D eigenvalue weighted by Gasteiger charge is -2.10. The molecule has 1 heterocycles. The van der Waals surface area contributed by atoms with Crippen molar-refractivity contribution in [1.29, 1.82) is 0 Å². The van der Waals surface area contributed by atoms with Crippen LogP contribution in [0.2, 0.25) is 0 Å². The molecule has 0 amide bonds. The number of hydrogen-bond donors (Lipinski definition) is 2. The summed E-state index contributed by atoms with van der Waals surface area (Å²) in [5, 5.41) is 8.80. The average Bonchev–Trinajstić information content (AvgIpc) is 2.17. The summed E-state index contributed by atoms with van der Waals surface area (Å²) in [5.74, 6) is 0.0966. The van der Waals surface area contributed by atoms with Gasteiger partial charge < -0.3 is 15.6 Å². The molecule has 0 aliphatic carbocycles. The Hall–Kier alpha value is -1.43. The maximum atomic E-state index is 12.3. The van der Waals surface area contributed by atoms with Crippen LogP contribution in [-0.2, 0) is 6.61 Å². The van der Waals surface area contributed by atoms with Gasteiger partial charge in [0.25, 0.3) is 6.43 Å². The van der Waals surface area contributed by atoms with Gasteiger partial charge in [-0.05, 0) is 0 Å². The maximum absolute atomic E-state index is 12.3. The summed E-state index contributed by atoms with van der Waals surface area (Å²) in [5.41, 5.74) is 5.11. The van der Waals surface area contributed by atoms with Crippen molar-refractivity contribution in [3.8, 4) is 5.75 Å². The molecule has 0 saturated heterocycles. The summed E-state index contributed by atoms with van der Waals surface area (Å²) in [6.45, 7) is -0.497. The highest BCUT2D eigenvalue weighted by molar-refractivity contribution is 5.56. The number of nitrogens with zero attached hydrogens (tertiary/aromatic N) is 1. The summed E-state index contributed by atoms with van der Waals surface area (Å²) < 4.78 is 29.4. The van der Waals surface area contributed by atoms with Crippen LogP contribution in [0.3, 0.4) is 0 Å². The smallest absolute Gasteiger partial charge is 0.280 e. The lowest BCUT2D eigenvalue weighted by molar-refractivity contribution is 0.144. The number of methoxy groups -OCH3 is 1. The molecule has 0 unspecified atom stereocenters. The zero-order valence-electron chi connectivity index (χ0n) is 7.50. The SMILES string of the molecule is COc1cc(C(F)F)nc(CO)c1N. The fraction of sp³-hybridized carbons (Fsp3) is 0.375. The zero-order chi connectivity index (χ0) is 10.7. The molecule has 6 heteroatoms. The van der Waals surface area contributed by atoms with Crippen LogP contribution in [0.15, 0.2) is 6.07 Å². The average molecular weight is 204 g/mol. The number of hydrogen-bond acceptors (Lipinski definition) is 4. The number of aromatic nitrogens is 1. The summed E-state index contributed by atoms with van der Waals surface area (Å²) >= 11 is 0. The quantitative estimate of drug-likeness (QED) is 0.773. The van der Waals surface area contributed by atoms with Gasteiger partial charge in [0, 0.05) is 6.07 Å². The first-order chi connectivity index (χ1) is 6.60. The lowest BCUT2D eigenvalue weighted by atomic mass is 10.2. The molecule has 3 N–H and O–H groups in total. The minimum Gasteiger partial charge on any atom is -0.494 e. The number of pyridine rings is 1. The van der Waals surface area contributed by atoms with E-state index in [2.05, 4.69) is 4.98 Å². The predicted octanol–water partition coefficient (Wildman–Crippen LogP) is 1.10. The molecule has 0 saturated carbocycles. The highest BCUT2D eigenvalue weighted by Crippen LogP contribution is 2.28. The van der Waals surface area contributed by atoms with Crippen molar-refractivity contribution in [1.82, 2.24) is 4.98 Å². The van der Waals surface area contributed by atoms with Gasteiger partial charge in [0.2, 0.25) is 0 Å². The van der Waals surface area contributed by atoms with Crippen molar-refractivity contribution in [2.45, 2.75) is 13.0 Å². The minimum atomic E-state index is -2.71. The highest BCUT2D eigenvalue weighted by Gasteiger charge is 2.15. The summed E-state index contributed by atoms with van der Waals surface area (Å²) in [4.78, 5) is 3.49. The van der Waals surface area contributed by atoms with Gasteiger partial charge in [-0.15, -0.1) is 0 Å². The number of halogens is 2. The third-order valence-corrected chi connectivity index (χ3v) is 1.71. The van der Waals surface area contributed by atoms with Crippen molar-refractivity contribution < 1.29 is 18.6 Å². The molecule has 0 aliphatic rings. The Morgan fingerprint density at radius 2 is 2.29 bits per heavy atom. The van der Waals surface area contributed by atoms with E-state index in [-0.39, 0.29) is 17.1 Å². The first-order valence-corrected chi connectivity index (χ1v) is 3.82. The second kappa shape index (κ2) is 4.19. The van der Waals surface area contributed by atoms with Gasteiger partial charge in [-0.2, -0.15) is 0 Å². The molecule has 14 heavy (non-hydrogen) atoms. The molecule has 0 atom stereocenters. The zero-order valence-corrected chi connectivity index (χ0v) is 7.50. The molecule has 1 aromatic heterocycles. The van der Waals surface area contributed by atoms with Gasteiger partial charge in [0.05, 0.1) is 25.1 Å². The van der Waals surface area contributed by atoms with Crippen LogP contribution in [0.25, 0.3) is 0 Å². The van der Waals surface area contributed by atoms with E-state index in [0.29, 0.717) is 0 Å². The van der Waals surface area contributed by atoms with E-state index in [1.807, 2.05) is 0 Å². The van der Waals surface area contributed by atoms with Crippen molar-refractivity contribution >= 4 is 5.69 Å². The Kier molecular flexibility index (Phi) is 3.19. The molecule has 0 aliphatic heterocycles. The van der Waals surface area contributed by atoms with Gasteiger partial charge in [0.1, 0.15) is 11.4 Å². The third kappa shape index (κ3) is 1.90. The first-order valence-electron chi connectivity index (χ1n) is 3.82. The highest BCUT2D eigenvalue weighted by atomic mass is 19.3. The monoisotopic (exact) mass is 204 g/mol. The molecule has 0 fully saturated rings. The molecule has 0 aromatic carbocycles. The largest absolute Gasteiger partial charge is 0.494 e. The van der Waals surface area contributed by atoms with E-state index in [1.54, 1.807) is 0 Å². The second-order valence-electron chi connectivity index (χ2n) is 2.57. The number of aliphatic hydroxyl groups excluding tert-OH is 1. The molecule has 1 aromatic rings. The molecule has 1 rings (SSSR count). The topological polar surface area (TPSA) is 68.4 Å². The van der Waals surface area contributed by atoms with E-state index in [4.69, 9.17) is 15.6 Å². The van der Waals surface area contributed by atoms with E-state index < -0.39 is 18.7 Å². The van der Waals surface area contributed by atoms with Gasteiger partial charge in [-0.1, -0.05) is 0 Å². The predicted molar refractivity (Wildman–Crippen MR) is 46.1 cm³/mol. The lowest BCUT2D eigenvalue weighted by Crippen LogP contribution is -2.04. The number of aliphatic hydroxyl groups is 1. The molecule has 78 valence electrons. The Morgan fingerprint density at radius 1 is 1.64 bits per heavy atom. The van der Waals surface area contributed by atoms with E-state index >= 15 is 0 Å². The van der Waals surface area contributed by atoms with Gasteiger partial charge in [-0.25, -0.2) is 13.8 Å². The molecule has 4 nitrogen and oxygen atoms in total. The van der Waals surface area contributed by atoms with Gasteiger partial charge >= 0.3 is 0 Å². The number of rotatable bonds is 3. The molecule has 0 bridgehead atoms. The van der Waals surface area contributed by atoms with E-state index in [1.165, 1.54) is 7.11 Å². The third-order valence-electron chi connectivity index (χ3n) is 1.71. The molecular weight excluding hydrogens is 194 g/mol. The van der Waals surface area contributed by atoms with Crippen LogP contribution >= 0.6 is 0 Å². The number of alkyl halides is 2. The summed E-state index contributed by atoms with van der Waals surface area (Å²) in [7, 11) is 1.31. The Balaban J connectivity index is 3.25. The number of nitrogens with two attached hydrogens (primary N) is 1. The number of ether oxygens (including phenoxy) is 1. The van der Waals surface area contributed by atoms with Crippen LogP contribution < -0.4 is 10.5 Å². The van der Waals surface area contributed by atoms with Crippen LogP contribution in [0.5, 0.6) is 5.75 Å². The van der Waals surface area contributed by atoms with Crippen molar-refractivity contribution in [2.75, 3.05) is 12.8 Å². The normalized spacial score (nSPS) is 10.6. The summed E-state index contributed by atoms with van der Waals surface area (Å²) in [6.07, 6.45) is -2.71.